The first-order chi connectivity index (χ1) is 9.67. The topological polar surface area (TPSA) is 54.2 Å². The third-order valence-electron chi connectivity index (χ3n) is 3.97. The minimum atomic E-state index is 0.139. The maximum atomic E-state index is 9.66. The Morgan fingerprint density at radius 3 is 3.00 bits per heavy atom. The number of hydrogen-bond acceptors (Lipinski definition) is 4. The number of aromatic nitrogens is 3. The van der Waals surface area contributed by atoms with Crippen LogP contribution in [0.25, 0.3) is 0 Å². The molecule has 3 rings (SSSR count). The molecule has 106 valence electrons. The quantitative estimate of drug-likeness (QED) is 0.907. The molecule has 0 aliphatic carbocycles. The Hall–Kier alpha value is -1.72. The first-order valence-electron chi connectivity index (χ1n) is 6.94. The molecule has 0 spiro atoms. The van der Waals surface area contributed by atoms with Crippen molar-refractivity contribution in [2.45, 2.75) is 32.5 Å². The largest absolute Gasteiger partial charge is 0.395 e. The summed E-state index contributed by atoms with van der Waals surface area (Å²) in [7, 11) is 2.01. The van der Waals surface area contributed by atoms with Crippen LogP contribution in [0.1, 0.15) is 22.8 Å². The molecular weight excluding hydrogens is 252 g/mol. The lowest BCUT2D eigenvalue weighted by atomic mass is 10.0. The fraction of sp³-hybridized carbons (Fsp3) is 0.467. The lowest BCUT2D eigenvalue weighted by Gasteiger charge is -2.34. The van der Waals surface area contributed by atoms with Gasteiger partial charge in [-0.15, -0.1) is 0 Å². The van der Waals surface area contributed by atoms with Crippen molar-refractivity contribution in [2.24, 2.45) is 7.05 Å². The van der Waals surface area contributed by atoms with Gasteiger partial charge in [-0.05, 0) is 19.1 Å². The van der Waals surface area contributed by atoms with Gasteiger partial charge in [0.2, 0.25) is 0 Å². The van der Waals surface area contributed by atoms with Gasteiger partial charge >= 0.3 is 0 Å². The van der Waals surface area contributed by atoms with Gasteiger partial charge < -0.3 is 9.67 Å². The molecular formula is C15H20N4O. The van der Waals surface area contributed by atoms with E-state index in [-0.39, 0.29) is 12.6 Å². The summed E-state index contributed by atoms with van der Waals surface area (Å²) in [6, 6.07) is 6.21. The zero-order valence-electron chi connectivity index (χ0n) is 12.0. The van der Waals surface area contributed by atoms with Gasteiger partial charge in [0.1, 0.15) is 0 Å². The standard InChI is InChI=1S/C15H20N4O/c1-11-4-3-5-12(17-11)7-19-8-14-15(6-13(19)9-20)18(2)10-16-14/h3-5,10,13,20H,6-9H2,1-2H3/t13-/m0/s1. The highest BCUT2D eigenvalue weighted by atomic mass is 16.3. The Balaban J connectivity index is 1.82. The number of hydrogen-bond donors (Lipinski definition) is 1. The lowest BCUT2D eigenvalue weighted by Crippen LogP contribution is -2.42. The lowest BCUT2D eigenvalue weighted by molar-refractivity contribution is 0.0956. The SMILES string of the molecule is Cc1cccc(CN2Cc3ncn(C)c3C[C@H]2CO)n1. The number of rotatable bonds is 3. The first kappa shape index (κ1) is 13.3. The Bertz CT molecular complexity index is 608. The zero-order valence-corrected chi connectivity index (χ0v) is 12.0. The molecule has 0 aromatic carbocycles. The molecule has 0 unspecified atom stereocenters. The second-order valence-corrected chi connectivity index (χ2v) is 5.46. The average Bonchev–Trinajstić information content (AvgIpc) is 2.79. The van der Waals surface area contributed by atoms with Crippen LogP contribution in [0.2, 0.25) is 0 Å². The van der Waals surface area contributed by atoms with Crippen LogP contribution in [-0.4, -0.2) is 37.2 Å². The van der Waals surface area contributed by atoms with E-state index in [0.717, 1.165) is 36.6 Å². The summed E-state index contributed by atoms with van der Waals surface area (Å²) in [5, 5.41) is 9.66. The molecule has 20 heavy (non-hydrogen) atoms. The highest BCUT2D eigenvalue weighted by molar-refractivity contribution is 5.19. The van der Waals surface area contributed by atoms with Gasteiger partial charge in [-0.3, -0.25) is 9.88 Å². The number of imidazole rings is 1. The molecule has 1 atom stereocenters. The molecule has 0 amide bonds. The fourth-order valence-corrected chi connectivity index (χ4v) is 2.83. The van der Waals surface area contributed by atoms with Crippen LogP contribution in [0.5, 0.6) is 0 Å². The van der Waals surface area contributed by atoms with E-state index in [1.807, 2.05) is 38.5 Å². The van der Waals surface area contributed by atoms with Crippen molar-refractivity contribution in [3.05, 3.63) is 47.3 Å². The van der Waals surface area contributed by atoms with Gasteiger partial charge in [0.25, 0.3) is 0 Å². The van der Waals surface area contributed by atoms with Gasteiger partial charge in [-0.1, -0.05) is 6.07 Å². The summed E-state index contributed by atoms with van der Waals surface area (Å²) < 4.78 is 2.06. The number of aryl methyl sites for hydroxylation is 2. The molecule has 0 radical (unpaired) electrons. The second-order valence-electron chi connectivity index (χ2n) is 5.46. The highest BCUT2D eigenvalue weighted by Gasteiger charge is 2.28. The van der Waals surface area contributed by atoms with Crippen LogP contribution in [0.3, 0.4) is 0 Å². The van der Waals surface area contributed by atoms with Crippen LogP contribution in [0, 0.1) is 6.92 Å². The number of pyridine rings is 1. The van der Waals surface area contributed by atoms with Gasteiger partial charge in [-0.25, -0.2) is 4.98 Å². The maximum Gasteiger partial charge on any atom is 0.0949 e. The summed E-state index contributed by atoms with van der Waals surface area (Å²) in [4.78, 5) is 11.3. The minimum absolute atomic E-state index is 0.139. The van der Waals surface area contributed by atoms with E-state index >= 15 is 0 Å². The Morgan fingerprint density at radius 1 is 1.40 bits per heavy atom. The summed E-state index contributed by atoms with van der Waals surface area (Å²) in [5.74, 6) is 0. The predicted octanol–water partition coefficient (Wildman–Crippen LogP) is 1.04. The smallest absolute Gasteiger partial charge is 0.0949 e. The molecule has 0 saturated carbocycles. The number of nitrogens with zero attached hydrogens (tertiary/aromatic N) is 4. The van der Waals surface area contributed by atoms with E-state index in [9.17, 15) is 5.11 Å². The van der Waals surface area contributed by atoms with Gasteiger partial charge in [0, 0.05) is 44.0 Å². The second kappa shape index (κ2) is 5.34. The molecule has 5 heteroatoms. The summed E-state index contributed by atoms with van der Waals surface area (Å²) in [6.07, 6.45) is 2.70. The molecule has 5 nitrogen and oxygen atoms in total. The van der Waals surface area contributed by atoms with Crippen molar-refractivity contribution in [1.82, 2.24) is 19.4 Å². The normalized spacial score (nSPS) is 19.1. The number of aliphatic hydroxyl groups excluding tert-OH is 1. The third kappa shape index (κ3) is 2.46. The van der Waals surface area contributed by atoms with Crippen molar-refractivity contribution in [3.8, 4) is 0 Å². The van der Waals surface area contributed by atoms with Crippen LogP contribution in [-0.2, 0) is 26.6 Å². The van der Waals surface area contributed by atoms with Gasteiger partial charge in [-0.2, -0.15) is 0 Å². The van der Waals surface area contributed by atoms with E-state index in [1.165, 1.54) is 5.69 Å². The Morgan fingerprint density at radius 2 is 2.25 bits per heavy atom. The third-order valence-corrected chi connectivity index (χ3v) is 3.97. The highest BCUT2D eigenvalue weighted by Crippen LogP contribution is 2.23. The molecule has 1 aliphatic rings. The van der Waals surface area contributed by atoms with Gasteiger partial charge in [0.15, 0.2) is 0 Å². The van der Waals surface area contributed by atoms with Crippen molar-refractivity contribution < 1.29 is 5.11 Å². The Kier molecular flexibility index (Phi) is 3.54. The fourth-order valence-electron chi connectivity index (χ4n) is 2.83. The van der Waals surface area contributed by atoms with E-state index < -0.39 is 0 Å². The van der Waals surface area contributed by atoms with Crippen LogP contribution >= 0.6 is 0 Å². The molecule has 0 fully saturated rings. The van der Waals surface area contributed by atoms with E-state index in [2.05, 4.69) is 19.4 Å². The molecule has 0 saturated heterocycles. The summed E-state index contributed by atoms with van der Waals surface area (Å²) >= 11 is 0. The molecule has 3 heterocycles. The zero-order chi connectivity index (χ0) is 14.1. The van der Waals surface area contributed by atoms with Gasteiger partial charge in [0.05, 0.1) is 24.3 Å². The maximum absolute atomic E-state index is 9.66. The average molecular weight is 272 g/mol. The predicted molar refractivity (Wildman–Crippen MR) is 76.0 cm³/mol. The monoisotopic (exact) mass is 272 g/mol. The Labute approximate surface area is 118 Å². The molecule has 0 bridgehead atoms. The van der Waals surface area contributed by atoms with Crippen molar-refractivity contribution in [2.75, 3.05) is 6.61 Å². The molecule has 2 aromatic heterocycles. The van der Waals surface area contributed by atoms with Crippen LogP contribution in [0.15, 0.2) is 24.5 Å². The summed E-state index contributed by atoms with van der Waals surface area (Å²) in [6.45, 7) is 3.69. The van der Waals surface area contributed by atoms with Crippen molar-refractivity contribution in [3.63, 3.8) is 0 Å². The first-order valence-corrected chi connectivity index (χ1v) is 6.94. The molecule has 2 aromatic rings. The molecule has 1 aliphatic heterocycles. The van der Waals surface area contributed by atoms with Crippen molar-refractivity contribution >= 4 is 0 Å². The minimum Gasteiger partial charge on any atom is -0.395 e. The van der Waals surface area contributed by atoms with E-state index in [4.69, 9.17) is 0 Å². The van der Waals surface area contributed by atoms with Crippen molar-refractivity contribution in [1.29, 1.82) is 0 Å². The van der Waals surface area contributed by atoms with Crippen LogP contribution in [0.4, 0.5) is 0 Å². The van der Waals surface area contributed by atoms with E-state index in [0.29, 0.717) is 0 Å². The number of fused-ring (bicyclic) bond motifs is 1. The number of aliphatic hydroxyl groups is 1. The summed E-state index contributed by atoms with van der Waals surface area (Å²) in [5.41, 5.74) is 4.42. The van der Waals surface area contributed by atoms with Crippen LogP contribution < -0.4 is 0 Å². The van der Waals surface area contributed by atoms with E-state index in [1.54, 1.807) is 0 Å². The molecule has 1 N–H and O–H groups in total.